The zero-order valence-corrected chi connectivity index (χ0v) is 19.8. The van der Waals surface area contributed by atoms with E-state index in [0.717, 1.165) is 12.6 Å². The monoisotopic (exact) mass is 451 g/mol. The fourth-order valence-corrected chi connectivity index (χ4v) is 4.39. The highest BCUT2D eigenvalue weighted by atomic mass is 31.2. The lowest BCUT2D eigenvalue weighted by molar-refractivity contribution is -0.0353. The molecule has 1 aliphatic heterocycles. The minimum Gasteiger partial charge on any atom is -0.467 e. The van der Waals surface area contributed by atoms with E-state index in [2.05, 4.69) is 59.8 Å². The van der Waals surface area contributed by atoms with E-state index < -0.39 is 31.4 Å². The molecule has 3 N–H and O–H groups in total. The van der Waals surface area contributed by atoms with E-state index in [1.54, 1.807) is 10.9 Å². The van der Waals surface area contributed by atoms with E-state index in [0.29, 0.717) is 29.9 Å². The van der Waals surface area contributed by atoms with Gasteiger partial charge in [-0.1, -0.05) is 18.6 Å². The first-order chi connectivity index (χ1) is 14.6. The molecule has 4 atom stereocenters. The van der Waals surface area contributed by atoms with E-state index in [1.807, 2.05) is 0 Å². The van der Waals surface area contributed by atoms with Gasteiger partial charge in [0.1, 0.15) is 12.2 Å². The van der Waals surface area contributed by atoms with Gasteiger partial charge in [-0.15, -0.1) is 13.2 Å². The predicted molar refractivity (Wildman–Crippen MR) is 126 cm³/mol. The van der Waals surface area contributed by atoms with Crippen molar-refractivity contribution in [1.82, 2.24) is 19.5 Å². The van der Waals surface area contributed by atoms with Gasteiger partial charge in [0.15, 0.2) is 23.2 Å². The second-order valence-electron chi connectivity index (χ2n) is 8.66. The van der Waals surface area contributed by atoms with E-state index in [9.17, 15) is 10.2 Å². The minimum atomic E-state index is -1.26. The highest BCUT2D eigenvalue weighted by Crippen LogP contribution is 2.40. The van der Waals surface area contributed by atoms with E-state index in [4.69, 9.17) is 9.47 Å². The Hall–Kier alpha value is -1.93. The fraction of sp³-hybridized carbons (Fsp3) is 0.619. The molecule has 0 amide bonds. The maximum Gasteiger partial charge on any atom is 0.320 e. The normalized spacial score (nSPS) is 24.7. The molecule has 1 saturated heterocycles. The zero-order valence-electron chi connectivity index (χ0n) is 18.9. The lowest BCUT2D eigenvalue weighted by atomic mass is 10.1. The van der Waals surface area contributed by atoms with Crippen LogP contribution >= 0.6 is 6.89 Å². The molecule has 2 aromatic rings. The summed E-state index contributed by atoms with van der Waals surface area (Å²) in [5.41, 5.74) is 2.28. The van der Waals surface area contributed by atoms with Crippen LogP contribution in [0.1, 0.15) is 32.9 Å². The van der Waals surface area contributed by atoms with Crippen molar-refractivity contribution >= 4 is 30.2 Å². The van der Waals surface area contributed by atoms with Crippen molar-refractivity contribution in [3.05, 3.63) is 18.0 Å². The van der Waals surface area contributed by atoms with Crippen molar-refractivity contribution in [1.29, 1.82) is 0 Å². The molecule has 172 valence electrons. The van der Waals surface area contributed by atoms with Crippen LogP contribution in [0.2, 0.25) is 0 Å². The third-order valence-electron chi connectivity index (χ3n) is 5.49. The first-order valence-corrected chi connectivity index (χ1v) is 13.6. The minimum absolute atomic E-state index is 0.182. The van der Waals surface area contributed by atoms with Crippen LogP contribution in [0.3, 0.4) is 0 Å². The molecule has 3 heterocycles. The van der Waals surface area contributed by atoms with Crippen molar-refractivity contribution in [2.24, 2.45) is 0 Å². The Morgan fingerprint density at radius 1 is 1.35 bits per heavy atom. The number of aromatic nitrogens is 4. The van der Waals surface area contributed by atoms with Crippen LogP contribution in [-0.4, -0.2) is 87.5 Å². The summed E-state index contributed by atoms with van der Waals surface area (Å²) < 4.78 is 13.0. The molecule has 9 nitrogen and oxygen atoms in total. The maximum atomic E-state index is 10.7. The van der Waals surface area contributed by atoms with Gasteiger partial charge in [0.2, 0.25) is 0 Å². The third-order valence-corrected chi connectivity index (χ3v) is 6.96. The lowest BCUT2D eigenvalue weighted by Gasteiger charge is -2.18. The van der Waals surface area contributed by atoms with Crippen LogP contribution in [-0.2, 0) is 4.74 Å². The van der Waals surface area contributed by atoms with Crippen LogP contribution < -0.4 is 10.1 Å². The standard InChI is InChI=1S/C21H34N5O4P/c1-7-13(2)8-10-22-18-15-19(25-21(24-18)29-3)26(12-23-15)20-17(28)16(27)14(30-20)9-11-31(4,5)6/h8,12,14,16-17,20,27-28H,4,7,9-11H2,1-3,5-6H3,(H,22,24,25)/b13-8-/t14?,16-,17-,20-/m1/s1. The molecule has 0 saturated carbocycles. The van der Waals surface area contributed by atoms with Gasteiger partial charge in [0, 0.05) is 6.54 Å². The summed E-state index contributed by atoms with van der Waals surface area (Å²) in [4.78, 5) is 13.3. The first-order valence-electron chi connectivity index (χ1n) is 10.5. The number of rotatable bonds is 9. The quantitative estimate of drug-likeness (QED) is 0.393. The number of aliphatic hydroxyl groups excluding tert-OH is 2. The van der Waals surface area contributed by atoms with Gasteiger partial charge in [-0.3, -0.25) is 4.57 Å². The number of hydrogen-bond acceptors (Lipinski definition) is 8. The number of anilines is 1. The van der Waals surface area contributed by atoms with Gasteiger partial charge < -0.3 is 25.0 Å². The number of nitrogens with zero attached hydrogens (tertiary/aromatic N) is 4. The first kappa shape index (κ1) is 23.7. The summed E-state index contributed by atoms with van der Waals surface area (Å²) in [6.07, 6.45) is 6.99. The lowest BCUT2D eigenvalue weighted by Crippen LogP contribution is -2.31. The molecule has 0 radical (unpaired) electrons. The second-order valence-corrected chi connectivity index (χ2v) is 13.0. The smallest absolute Gasteiger partial charge is 0.320 e. The average Bonchev–Trinajstić information content (AvgIpc) is 3.27. The number of methoxy groups -OCH3 is 1. The zero-order chi connectivity index (χ0) is 22.8. The molecule has 31 heavy (non-hydrogen) atoms. The number of aliphatic hydroxyl groups is 2. The average molecular weight is 452 g/mol. The third kappa shape index (κ3) is 5.47. The number of imidazole rings is 1. The summed E-state index contributed by atoms with van der Waals surface area (Å²) in [7, 11) is 1.50. The molecular formula is C21H34N5O4P. The molecule has 0 aliphatic carbocycles. The highest BCUT2D eigenvalue weighted by molar-refractivity contribution is 7.72. The topological polar surface area (TPSA) is 115 Å². The predicted octanol–water partition coefficient (Wildman–Crippen LogP) is 2.32. The van der Waals surface area contributed by atoms with Crippen molar-refractivity contribution in [2.75, 3.05) is 38.5 Å². The van der Waals surface area contributed by atoms with Gasteiger partial charge >= 0.3 is 6.01 Å². The molecule has 3 rings (SSSR count). The Labute approximate surface area is 183 Å². The van der Waals surface area contributed by atoms with E-state index >= 15 is 0 Å². The number of hydrogen-bond donors (Lipinski definition) is 3. The van der Waals surface area contributed by atoms with Gasteiger partial charge in [0.25, 0.3) is 0 Å². The Bertz CT molecular complexity index is 986. The van der Waals surface area contributed by atoms with Crippen LogP contribution in [0.5, 0.6) is 6.01 Å². The largest absolute Gasteiger partial charge is 0.467 e. The molecule has 0 spiro atoms. The van der Waals surface area contributed by atoms with Crippen LogP contribution in [0.4, 0.5) is 5.82 Å². The number of allylic oxidation sites excluding steroid dienone is 1. The Morgan fingerprint density at radius 2 is 2.10 bits per heavy atom. The number of ether oxygens (including phenoxy) is 2. The molecular weight excluding hydrogens is 417 g/mol. The van der Waals surface area contributed by atoms with Crippen molar-refractivity contribution in [2.45, 2.75) is 51.2 Å². The van der Waals surface area contributed by atoms with Crippen LogP contribution in [0, 0.1) is 0 Å². The molecule has 1 aliphatic rings. The van der Waals surface area contributed by atoms with Gasteiger partial charge in [0.05, 0.1) is 19.5 Å². The maximum absolute atomic E-state index is 10.7. The van der Waals surface area contributed by atoms with Crippen molar-refractivity contribution in [3.63, 3.8) is 0 Å². The molecule has 1 fully saturated rings. The fourth-order valence-electron chi connectivity index (χ4n) is 3.44. The Morgan fingerprint density at radius 3 is 2.74 bits per heavy atom. The Balaban J connectivity index is 1.89. The summed E-state index contributed by atoms with van der Waals surface area (Å²) in [5.74, 6) is 0.536. The number of fused-ring (bicyclic) bond motifs is 1. The van der Waals surface area contributed by atoms with Crippen LogP contribution in [0.15, 0.2) is 18.0 Å². The van der Waals surface area contributed by atoms with Gasteiger partial charge in [-0.05, 0) is 39.3 Å². The SMILES string of the molecule is C=P(C)(C)CCC1O[C@@H](n2cnc3c(NC/C=C(/C)CC)nc(OC)nc32)[C@H](O)[C@@H]1O. The highest BCUT2D eigenvalue weighted by Gasteiger charge is 2.44. The summed E-state index contributed by atoms with van der Waals surface area (Å²) in [6, 6.07) is 0.182. The van der Waals surface area contributed by atoms with Gasteiger partial charge in [-0.25, -0.2) is 4.98 Å². The number of nitrogens with one attached hydrogen (secondary N) is 1. The molecule has 0 bridgehead atoms. The summed E-state index contributed by atoms with van der Waals surface area (Å²) in [5, 5.41) is 24.5. The second kappa shape index (κ2) is 9.69. The Kier molecular flexibility index (Phi) is 7.42. The van der Waals surface area contributed by atoms with E-state index in [-0.39, 0.29) is 6.01 Å². The van der Waals surface area contributed by atoms with Gasteiger partial charge in [-0.2, -0.15) is 9.97 Å². The molecule has 0 aromatic carbocycles. The molecule has 10 heteroatoms. The van der Waals surface area contributed by atoms with Crippen molar-refractivity contribution in [3.8, 4) is 6.01 Å². The summed E-state index contributed by atoms with van der Waals surface area (Å²) >= 11 is 0. The van der Waals surface area contributed by atoms with Crippen LogP contribution in [0.25, 0.3) is 11.2 Å². The van der Waals surface area contributed by atoms with E-state index in [1.165, 1.54) is 12.7 Å². The van der Waals surface area contributed by atoms with Crippen molar-refractivity contribution < 1.29 is 19.7 Å². The molecule has 1 unspecified atom stereocenters. The molecule has 2 aromatic heterocycles. The summed E-state index contributed by atoms with van der Waals surface area (Å²) in [6.45, 7) is 7.79.